The van der Waals surface area contributed by atoms with Crippen LogP contribution in [-0.4, -0.2) is 55.3 Å². The number of nitrogens with zero attached hydrogens (tertiary/aromatic N) is 5. The van der Waals surface area contributed by atoms with Gasteiger partial charge in [-0.3, -0.25) is 9.59 Å². The first kappa shape index (κ1) is 23.0. The third-order valence-corrected chi connectivity index (χ3v) is 6.72. The molecular formula is C24H28N6O2S. The summed E-state index contributed by atoms with van der Waals surface area (Å²) < 4.78 is 2.04. The molecule has 2 amide bonds. The van der Waals surface area contributed by atoms with E-state index in [1.165, 1.54) is 17.3 Å². The van der Waals surface area contributed by atoms with Gasteiger partial charge in [-0.1, -0.05) is 41.6 Å². The lowest BCUT2D eigenvalue weighted by molar-refractivity contribution is -0.132. The second-order valence-corrected chi connectivity index (χ2v) is 9.01. The van der Waals surface area contributed by atoms with Crippen molar-refractivity contribution >= 4 is 29.4 Å². The van der Waals surface area contributed by atoms with Crippen LogP contribution in [0.15, 0.2) is 53.8 Å². The Labute approximate surface area is 197 Å². The highest BCUT2D eigenvalue weighted by Crippen LogP contribution is 2.26. The summed E-state index contributed by atoms with van der Waals surface area (Å²) >= 11 is 1.41. The van der Waals surface area contributed by atoms with Gasteiger partial charge >= 0.3 is 0 Å². The number of anilines is 1. The van der Waals surface area contributed by atoms with E-state index in [1.807, 2.05) is 33.7 Å². The van der Waals surface area contributed by atoms with E-state index in [0.29, 0.717) is 37.5 Å². The fourth-order valence-corrected chi connectivity index (χ4v) is 4.86. The maximum Gasteiger partial charge on any atom is 0.233 e. The monoisotopic (exact) mass is 464 g/mol. The average Bonchev–Trinajstić information content (AvgIpc) is 3.26. The van der Waals surface area contributed by atoms with Crippen LogP contribution in [0.4, 0.5) is 5.82 Å². The first-order valence-corrected chi connectivity index (χ1v) is 12.2. The topological polar surface area (TPSA) is 93.0 Å². The lowest BCUT2D eigenvalue weighted by Gasteiger charge is -2.31. The molecule has 8 nitrogen and oxygen atoms in total. The summed E-state index contributed by atoms with van der Waals surface area (Å²) in [6, 6.07) is 13.6. The van der Waals surface area contributed by atoms with Gasteiger partial charge in [0.1, 0.15) is 5.82 Å². The van der Waals surface area contributed by atoms with Crippen LogP contribution in [0.25, 0.3) is 11.4 Å². The van der Waals surface area contributed by atoms with Gasteiger partial charge < -0.3 is 14.8 Å². The highest BCUT2D eigenvalue weighted by molar-refractivity contribution is 7.99. The quantitative estimate of drug-likeness (QED) is 0.537. The Morgan fingerprint density at radius 3 is 2.64 bits per heavy atom. The molecule has 1 saturated heterocycles. The van der Waals surface area contributed by atoms with Gasteiger partial charge in [-0.05, 0) is 44.9 Å². The van der Waals surface area contributed by atoms with Crippen LogP contribution >= 0.6 is 11.8 Å². The normalized spacial score (nSPS) is 14.3. The molecule has 0 radical (unpaired) electrons. The third-order valence-electron chi connectivity index (χ3n) is 5.77. The van der Waals surface area contributed by atoms with Crippen LogP contribution in [-0.2, 0) is 16.1 Å². The molecule has 2 aromatic heterocycles. The minimum Gasteiger partial charge on any atom is -0.342 e. The number of aromatic nitrogens is 4. The number of carbonyl (C=O) groups is 2. The van der Waals surface area contributed by atoms with Crippen molar-refractivity contribution in [2.75, 3.05) is 24.2 Å². The van der Waals surface area contributed by atoms with E-state index in [2.05, 4.69) is 46.5 Å². The van der Waals surface area contributed by atoms with Crippen LogP contribution in [0, 0.1) is 12.8 Å². The maximum atomic E-state index is 12.8. The van der Waals surface area contributed by atoms with Gasteiger partial charge in [-0.2, -0.15) is 0 Å². The van der Waals surface area contributed by atoms with Crippen molar-refractivity contribution < 1.29 is 9.59 Å². The molecule has 1 fully saturated rings. The fourth-order valence-electron chi connectivity index (χ4n) is 3.95. The van der Waals surface area contributed by atoms with E-state index in [9.17, 15) is 9.59 Å². The molecule has 0 spiro atoms. The van der Waals surface area contributed by atoms with Gasteiger partial charge in [0.2, 0.25) is 11.8 Å². The van der Waals surface area contributed by atoms with Crippen molar-refractivity contribution in [1.82, 2.24) is 24.6 Å². The Balaban J connectivity index is 1.30. The summed E-state index contributed by atoms with van der Waals surface area (Å²) in [7, 11) is 0. The molecule has 1 N–H and O–H groups in total. The minimum absolute atomic E-state index is 0.0325. The van der Waals surface area contributed by atoms with Gasteiger partial charge in [0.05, 0.1) is 5.75 Å². The van der Waals surface area contributed by atoms with E-state index < -0.39 is 0 Å². The van der Waals surface area contributed by atoms with E-state index in [1.54, 1.807) is 12.3 Å². The number of thioether (sulfide) groups is 1. The Morgan fingerprint density at radius 2 is 1.94 bits per heavy atom. The molecule has 3 heterocycles. The number of pyridine rings is 1. The fraction of sp³-hybridized carbons (Fsp3) is 0.375. The van der Waals surface area contributed by atoms with Crippen LogP contribution in [0.3, 0.4) is 0 Å². The van der Waals surface area contributed by atoms with Crippen molar-refractivity contribution in [3.05, 3.63) is 54.2 Å². The molecule has 1 aliphatic rings. The summed E-state index contributed by atoms with van der Waals surface area (Å²) in [5, 5.41) is 12.3. The molecular weight excluding hydrogens is 436 g/mol. The number of hydrogen-bond acceptors (Lipinski definition) is 6. The number of amides is 2. The maximum absolute atomic E-state index is 12.8. The molecule has 33 heavy (non-hydrogen) atoms. The van der Waals surface area contributed by atoms with E-state index in [-0.39, 0.29) is 17.7 Å². The first-order chi connectivity index (χ1) is 16.0. The van der Waals surface area contributed by atoms with Crippen molar-refractivity contribution in [2.45, 2.75) is 38.4 Å². The highest BCUT2D eigenvalue weighted by atomic mass is 32.2. The van der Waals surface area contributed by atoms with Gasteiger partial charge in [0, 0.05) is 37.3 Å². The zero-order valence-corrected chi connectivity index (χ0v) is 19.7. The van der Waals surface area contributed by atoms with E-state index >= 15 is 0 Å². The first-order valence-electron chi connectivity index (χ1n) is 11.2. The molecule has 3 aromatic rings. The largest absolute Gasteiger partial charge is 0.342 e. The number of piperidine rings is 1. The summed E-state index contributed by atoms with van der Waals surface area (Å²) in [4.78, 5) is 31.3. The Hall–Kier alpha value is -3.20. The molecule has 1 aliphatic heterocycles. The molecule has 1 aromatic carbocycles. The van der Waals surface area contributed by atoms with Crippen LogP contribution in [0.5, 0.6) is 0 Å². The lowest BCUT2D eigenvalue weighted by atomic mass is 9.96. The molecule has 0 unspecified atom stereocenters. The van der Waals surface area contributed by atoms with Crippen molar-refractivity contribution in [1.29, 1.82) is 0 Å². The van der Waals surface area contributed by atoms with Crippen LogP contribution in [0.1, 0.15) is 25.3 Å². The highest BCUT2D eigenvalue weighted by Gasteiger charge is 2.28. The van der Waals surface area contributed by atoms with Crippen LogP contribution in [0.2, 0.25) is 0 Å². The van der Waals surface area contributed by atoms with Crippen molar-refractivity contribution in [3.8, 4) is 11.4 Å². The number of rotatable bonds is 7. The molecule has 0 saturated carbocycles. The molecule has 0 aliphatic carbocycles. The van der Waals surface area contributed by atoms with Gasteiger partial charge in [0.15, 0.2) is 11.0 Å². The summed E-state index contributed by atoms with van der Waals surface area (Å²) in [5.74, 6) is 1.60. The third kappa shape index (κ3) is 5.60. The summed E-state index contributed by atoms with van der Waals surface area (Å²) in [5.41, 5.74) is 2.19. The Morgan fingerprint density at radius 1 is 1.12 bits per heavy atom. The smallest absolute Gasteiger partial charge is 0.233 e. The zero-order valence-electron chi connectivity index (χ0n) is 18.9. The van der Waals surface area contributed by atoms with E-state index in [0.717, 1.165) is 23.1 Å². The predicted octanol–water partition coefficient (Wildman–Crippen LogP) is 3.64. The molecule has 4 rings (SSSR count). The number of likely N-dealkylation sites (tertiary alicyclic amines) is 1. The lowest BCUT2D eigenvalue weighted by Crippen LogP contribution is -2.42. The van der Waals surface area contributed by atoms with Gasteiger partial charge in [0.25, 0.3) is 0 Å². The SMILES string of the molecule is CCn1c(SCC(=O)N2CCC(C(=O)Nc3ccccn3)CC2)nnc1-c1cccc(C)c1. The Kier molecular flexibility index (Phi) is 7.39. The second kappa shape index (κ2) is 10.6. The molecule has 0 atom stereocenters. The zero-order chi connectivity index (χ0) is 23.2. The van der Waals surface area contributed by atoms with Gasteiger partial charge in [-0.15, -0.1) is 10.2 Å². The number of nitrogens with one attached hydrogen (secondary N) is 1. The minimum atomic E-state index is -0.108. The molecule has 0 bridgehead atoms. The van der Waals surface area contributed by atoms with Crippen molar-refractivity contribution in [3.63, 3.8) is 0 Å². The predicted molar refractivity (Wildman–Crippen MR) is 129 cm³/mol. The average molecular weight is 465 g/mol. The van der Waals surface area contributed by atoms with E-state index in [4.69, 9.17) is 0 Å². The molecule has 172 valence electrons. The number of benzene rings is 1. The Bertz CT molecular complexity index is 1110. The van der Waals surface area contributed by atoms with Crippen LogP contribution < -0.4 is 5.32 Å². The summed E-state index contributed by atoms with van der Waals surface area (Å²) in [6.45, 7) is 5.98. The number of aryl methyl sites for hydroxylation is 1. The number of carbonyl (C=O) groups excluding carboxylic acids is 2. The van der Waals surface area contributed by atoms with Crippen molar-refractivity contribution in [2.24, 2.45) is 5.92 Å². The summed E-state index contributed by atoms with van der Waals surface area (Å²) in [6.07, 6.45) is 2.95. The number of hydrogen-bond donors (Lipinski definition) is 1. The second-order valence-electron chi connectivity index (χ2n) is 8.07. The van der Waals surface area contributed by atoms with Gasteiger partial charge in [-0.25, -0.2) is 4.98 Å². The standard InChI is InChI=1S/C24H28N6O2S/c1-3-30-22(19-8-6-7-17(2)15-19)27-28-24(30)33-16-21(31)29-13-10-18(11-14-29)23(32)26-20-9-4-5-12-25-20/h4-9,12,15,18H,3,10-11,13-14,16H2,1-2H3,(H,25,26,32). The molecule has 9 heteroatoms.